The summed E-state index contributed by atoms with van der Waals surface area (Å²) in [6.07, 6.45) is 4.63. The van der Waals surface area contributed by atoms with E-state index in [4.69, 9.17) is 17.3 Å². The van der Waals surface area contributed by atoms with Crippen molar-refractivity contribution in [2.75, 3.05) is 10.6 Å². The molecule has 0 aliphatic heterocycles. The van der Waals surface area contributed by atoms with Gasteiger partial charge in [-0.05, 0) is 55.5 Å². The number of nitrogens with two attached hydrogens (primary N) is 1. The van der Waals surface area contributed by atoms with Gasteiger partial charge in [0.2, 0.25) is 11.9 Å². The first-order valence-electron chi connectivity index (χ1n) is 10.1. The van der Waals surface area contributed by atoms with E-state index in [0.717, 1.165) is 19.3 Å². The number of nitrogens with one attached hydrogen (secondary N) is 2. The number of halogens is 2. The van der Waals surface area contributed by atoms with Crippen LogP contribution in [-0.4, -0.2) is 27.7 Å². The van der Waals surface area contributed by atoms with Crippen LogP contribution in [0, 0.1) is 11.7 Å². The van der Waals surface area contributed by atoms with Gasteiger partial charge in [-0.3, -0.25) is 9.59 Å². The van der Waals surface area contributed by atoms with Crippen LogP contribution in [0.25, 0.3) is 0 Å². The molecule has 7 nitrogen and oxygen atoms in total. The Hall–Kier alpha value is -3.00. The number of rotatable bonds is 8. The summed E-state index contributed by atoms with van der Waals surface area (Å²) >= 11 is 6.26. The van der Waals surface area contributed by atoms with Crippen LogP contribution in [0.3, 0.4) is 0 Å². The van der Waals surface area contributed by atoms with Gasteiger partial charge in [-0.1, -0.05) is 24.6 Å². The first-order valence-corrected chi connectivity index (χ1v) is 10.4. The molecule has 1 aliphatic carbocycles. The molecule has 1 amide bonds. The quantitative estimate of drug-likeness (QED) is 0.526. The fourth-order valence-corrected chi connectivity index (χ4v) is 3.71. The summed E-state index contributed by atoms with van der Waals surface area (Å²) in [5.41, 5.74) is 6.82. The number of hydrogen-bond acceptors (Lipinski definition) is 6. The maximum Gasteiger partial charge on any atom is 0.224 e. The van der Waals surface area contributed by atoms with Gasteiger partial charge < -0.3 is 16.4 Å². The third kappa shape index (κ3) is 6.01. The van der Waals surface area contributed by atoms with E-state index in [-0.39, 0.29) is 35.1 Å². The van der Waals surface area contributed by atoms with Crippen molar-refractivity contribution in [3.8, 4) is 0 Å². The number of anilines is 3. The molecule has 2 aromatic rings. The number of ketones is 1. The van der Waals surface area contributed by atoms with Crippen molar-refractivity contribution in [1.82, 2.24) is 9.97 Å². The molecule has 1 aromatic heterocycles. The lowest BCUT2D eigenvalue weighted by molar-refractivity contribution is -0.122. The van der Waals surface area contributed by atoms with Crippen molar-refractivity contribution in [1.29, 1.82) is 0 Å². The molecule has 0 radical (unpaired) electrons. The zero-order chi connectivity index (χ0) is 22.5. The molecule has 1 aliphatic rings. The Morgan fingerprint density at radius 1 is 1.35 bits per heavy atom. The van der Waals surface area contributed by atoms with Gasteiger partial charge in [-0.15, -0.1) is 0 Å². The van der Waals surface area contributed by atoms with Crippen LogP contribution < -0.4 is 16.4 Å². The Bertz CT molecular complexity index is 1010. The van der Waals surface area contributed by atoms with Crippen molar-refractivity contribution in [3.05, 3.63) is 53.0 Å². The van der Waals surface area contributed by atoms with E-state index >= 15 is 0 Å². The van der Waals surface area contributed by atoms with E-state index in [0.29, 0.717) is 35.0 Å². The van der Waals surface area contributed by atoms with Gasteiger partial charge in [0.25, 0.3) is 0 Å². The highest BCUT2D eigenvalue weighted by molar-refractivity contribution is 6.32. The molecule has 1 saturated carbocycles. The number of carbonyl (C=O) groups excluding carboxylic acids is 2. The number of amides is 1. The van der Waals surface area contributed by atoms with Crippen molar-refractivity contribution < 1.29 is 14.0 Å². The van der Waals surface area contributed by atoms with Crippen molar-refractivity contribution >= 4 is 40.7 Å². The maximum absolute atomic E-state index is 13.8. The number of aromatic nitrogens is 2. The topological polar surface area (TPSA) is 110 Å². The largest absolute Gasteiger partial charge is 0.369 e. The van der Waals surface area contributed by atoms with Gasteiger partial charge in [-0.2, -0.15) is 4.98 Å². The molecule has 9 heteroatoms. The fourth-order valence-electron chi connectivity index (χ4n) is 3.57. The van der Waals surface area contributed by atoms with Gasteiger partial charge >= 0.3 is 0 Å². The number of benzene rings is 1. The first kappa shape index (κ1) is 22.7. The highest BCUT2D eigenvalue weighted by atomic mass is 35.5. The molecule has 0 saturated heterocycles. The van der Waals surface area contributed by atoms with Gasteiger partial charge in [0, 0.05) is 24.1 Å². The third-order valence-corrected chi connectivity index (χ3v) is 5.58. The molecule has 31 heavy (non-hydrogen) atoms. The highest BCUT2D eigenvalue weighted by Gasteiger charge is 2.26. The molecular formula is C22H25ClFN5O2. The smallest absolute Gasteiger partial charge is 0.224 e. The number of Topliss-reactive ketones (excluding diaryl/α,β-unsaturated/α-hetero) is 1. The van der Waals surface area contributed by atoms with E-state index in [1.807, 2.05) is 0 Å². The van der Waals surface area contributed by atoms with Gasteiger partial charge in [0.1, 0.15) is 10.8 Å². The number of hydrogen-bond donors (Lipinski definition) is 3. The normalized spacial score (nSPS) is 18.3. The summed E-state index contributed by atoms with van der Waals surface area (Å²) in [6.45, 7) is 5.26. The van der Waals surface area contributed by atoms with E-state index in [1.54, 1.807) is 6.92 Å². The van der Waals surface area contributed by atoms with Crippen molar-refractivity contribution in [2.45, 2.75) is 45.1 Å². The highest BCUT2D eigenvalue weighted by Crippen LogP contribution is 2.29. The molecule has 3 rings (SSSR count). The Kier molecular flexibility index (Phi) is 7.22. The molecule has 164 valence electrons. The van der Waals surface area contributed by atoms with Crippen LogP contribution >= 0.6 is 11.6 Å². The molecule has 2 atom stereocenters. The number of carbonyl (C=O) groups is 2. The molecular weight excluding hydrogens is 421 g/mol. The molecule has 4 N–H and O–H groups in total. The fraction of sp³-hybridized carbons (Fsp3) is 0.364. The predicted molar refractivity (Wildman–Crippen MR) is 119 cm³/mol. The zero-order valence-electron chi connectivity index (χ0n) is 17.3. The Morgan fingerprint density at radius 3 is 2.84 bits per heavy atom. The summed E-state index contributed by atoms with van der Waals surface area (Å²) in [6, 6.07) is 4.14. The third-order valence-electron chi connectivity index (χ3n) is 5.30. The van der Waals surface area contributed by atoms with Crippen LogP contribution in [0.5, 0.6) is 0 Å². The lowest BCUT2D eigenvalue weighted by Crippen LogP contribution is -2.34. The minimum Gasteiger partial charge on any atom is -0.369 e. The van der Waals surface area contributed by atoms with E-state index < -0.39 is 5.82 Å². The van der Waals surface area contributed by atoms with Crippen molar-refractivity contribution in [3.63, 3.8) is 0 Å². The standard InChI is InChI=1S/C22H25ClFN5O2/c1-12(2)19(30)10-14-8-15(24)6-7-18(14)28-21-17(23)11-26-22(29-21)27-16-5-3-4-13(9-16)20(25)31/h6-8,11,13,16H,1,3-5,9-10H2,2H3,(H2,25,31)(H2,26,27,28,29). The predicted octanol–water partition coefficient (Wildman–Crippen LogP) is 4.16. The SMILES string of the molecule is C=C(C)C(=O)Cc1cc(F)ccc1Nc1nc(NC2CCCC(C(N)=O)C2)ncc1Cl. The summed E-state index contributed by atoms with van der Waals surface area (Å²) in [5, 5.41) is 6.58. The minimum absolute atomic E-state index is 0.000182. The lowest BCUT2D eigenvalue weighted by Gasteiger charge is -2.28. The molecule has 0 bridgehead atoms. The Balaban J connectivity index is 1.79. The van der Waals surface area contributed by atoms with Crippen LogP contribution in [0.2, 0.25) is 5.02 Å². The van der Waals surface area contributed by atoms with Crippen LogP contribution in [-0.2, 0) is 16.0 Å². The Labute approximate surface area is 185 Å². The molecule has 1 fully saturated rings. The maximum atomic E-state index is 13.8. The van der Waals surface area contributed by atoms with Crippen LogP contribution in [0.4, 0.5) is 21.8 Å². The van der Waals surface area contributed by atoms with Crippen molar-refractivity contribution in [2.24, 2.45) is 11.7 Å². The second-order valence-electron chi connectivity index (χ2n) is 7.80. The zero-order valence-corrected chi connectivity index (χ0v) is 18.0. The summed E-state index contributed by atoms with van der Waals surface area (Å²) in [5.74, 6) is -0.429. The van der Waals surface area contributed by atoms with E-state index in [9.17, 15) is 14.0 Å². The average Bonchev–Trinajstić information content (AvgIpc) is 2.72. The van der Waals surface area contributed by atoms with Crippen LogP contribution in [0.15, 0.2) is 36.5 Å². The monoisotopic (exact) mass is 445 g/mol. The van der Waals surface area contributed by atoms with Crippen LogP contribution in [0.1, 0.15) is 38.2 Å². The summed E-state index contributed by atoms with van der Waals surface area (Å²) in [7, 11) is 0. The van der Waals surface area contributed by atoms with Gasteiger partial charge in [-0.25, -0.2) is 9.37 Å². The molecule has 1 heterocycles. The number of primary amides is 1. The Morgan fingerprint density at radius 2 is 2.13 bits per heavy atom. The molecule has 1 aromatic carbocycles. The summed E-state index contributed by atoms with van der Waals surface area (Å²) in [4.78, 5) is 32.3. The molecule has 0 spiro atoms. The lowest BCUT2D eigenvalue weighted by atomic mass is 9.85. The van der Waals surface area contributed by atoms with E-state index in [1.165, 1.54) is 24.4 Å². The molecule has 2 unspecified atom stereocenters. The van der Waals surface area contributed by atoms with E-state index in [2.05, 4.69) is 27.2 Å². The number of allylic oxidation sites excluding steroid dienone is 1. The minimum atomic E-state index is -0.451. The average molecular weight is 446 g/mol. The second kappa shape index (κ2) is 9.87. The second-order valence-corrected chi connectivity index (χ2v) is 8.21. The van der Waals surface area contributed by atoms with Gasteiger partial charge in [0.05, 0.1) is 6.20 Å². The van der Waals surface area contributed by atoms with Gasteiger partial charge in [0.15, 0.2) is 11.6 Å². The first-order chi connectivity index (χ1) is 14.7. The summed E-state index contributed by atoms with van der Waals surface area (Å²) < 4.78 is 13.8. The number of nitrogens with zero attached hydrogens (tertiary/aromatic N) is 2.